The van der Waals surface area contributed by atoms with Gasteiger partial charge in [0, 0.05) is 24.5 Å². The minimum atomic E-state index is 0.0431. The molecule has 0 amide bonds. The Morgan fingerprint density at radius 3 is 2.27 bits per heavy atom. The molecule has 0 saturated heterocycles. The van der Waals surface area contributed by atoms with Crippen molar-refractivity contribution in [3.63, 3.8) is 0 Å². The Balaban J connectivity index is 1.86. The molecule has 0 radical (unpaired) electrons. The zero-order valence-electron chi connectivity index (χ0n) is 17.1. The zero-order chi connectivity index (χ0) is 19.1. The van der Waals surface area contributed by atoms with Gasteiger partial charge in [0.2, 0.25) is 0 Å². The summed E-state index contributed by atoms with van der Waals surface area (Å²) in [7, 11) is 2.16. The van der Waals surface area contributed by atoms with Crippen molar-refractivity contribution in [2.24, 2.45) is 4.99 Å². The first kappa shape index (κ1) is 18.4. The van der Waals surface area contributed by atoms with Crippen molar-refractivity contribution in [2.75, 3.05) is 11.9 Å². The minimum absolute atomic E-state index is 0.0431. The lowest BCUT2D eigenvalue weighted by molar-refractivity contribution is 0.590. The summed E-state index contributed by atoms with van der Waals surface area (Å²) in [5, 5.41) is 0. The maximum atomic E-state index is 4.66. The van der Waals surface area contributed by atoms with Crippen molar-refractivity contribution < 1.29 is 0 Å². The highest BCUT2D eigenvalue weighted by atomic mass is 15.2. The first-order valence-electron chi connectivity index (χ1n) is 9.30. The molecule has 3 rings (SSSR count). The van der Waals surface area contributed by atoms with Crippen molar-refractivity contribution in [1.82, 2.24) is 0 Å². The SMILES string of the molecule is CC1=CC(C)(C)N(C)c2ccc(C=Nc3ccc(C(C)(C)C)cc3)cc21. The molecule has 0 spiro atoms. The number of hydrogen-bond donors (Lipinski definition) is 0. The third-order valence-electron chi connectivity index (χ3n) is 5.34. The second-order valence-electron chi connectivity index (χ2n) is 8.87. The van der Waals surface area contributed by atoms with E-state index in [0.29, 0.717) is 0 Å². The average Bonchev–Trinajstić information content (AvgIpc) is 2.57. The van der Waals surface area contributed by atoms with Crippen LogP contribution in [0.25, 0.3) is 5.57 Å². The van der Waals surface area contributed by atoms with Crippen LogP contribution in [0.2, 0.25) is 0 Å². The van der Waals surface area contributed by atoms with Crippen LogP contribution in [0.4, 0.5) is 11.4 Å². The van der Waals surface area contributed by atoms with Crippen molar-refractivity contribution in [2.45, 2.75) is 52.5 Å². The number of hydrogen-bond acceptors (Lipinski definition) is 2. The van der Waals surface area contributed by atoms with E-state index in [2.05, 4.69) is 107 Å². The average molecular weight is 347 g/mol. The van der Waals surface area contributed by atoms with Gasteiger partial charge in [-0.2, -0.15) is 0 Å². The molecule has 2 heteroatoms. The maximum Gasteiger partial charge on any atom is 0.0630 e. The Morgan fingerprint density at radius 1 is 1.00 bits per heavy atom. The molecule has 2 aromatic carbocycles. The van der Waals surface area contributed by atoms with Crippen molar-refractivity contribution in [1.29, 1.82) is 0 Å². The molecular weight excluding hydrogens is 316 g/mol. The predicted octanol–water partition coefficient (Wildman–Crippen LogP) is 6.37. The summed E-state index contributed by atoms with van der Waals surface area (Å²) < 4.78 is 0. The smallest absolute Gasteiger partial charge is 0.0630 e. The summed E-state index contributed by atoms with van der Waals surface area (Å²) in [6.45, 7) is 13.4. The molecule has 1 heterocycles. The quantitative estimate of drug-likeness (QED) is 0.577. The van der Waals surface area contributed by atoms with Crippen LogP contribution in [0.15, 0.2) is 53.5 Å². The third-order valence-corrected chi connectivity index (χ3v) is 5.34. The summed E-state index contributed by atoms with van der Waals surface area (Å²) in [6.07, 6.45) is 4.29. The largest absolute Gasteiger partial charge is 0.366 e. The summed E-state index contributed by atoms with van der Waals surface area (Å²) in [4.78, 5) is 7.00. The molecule has 0 saturated carbocycles. The fraction of sp³-hybridized carbons (Fsp3) is 0.375. The number of nitrogens with zero attached hydrogens (tertiary/aromatic N) is 2. The van der Waals surface area contributed by atoms with E-state index in [1.54, 1.807) is 0 Å². The van der Waals surface area contributed by atoms with Crippen LogP contribution in [0.3, 0.4) is 0 Å². The van der Waals surface area contributed by atoms with E-state index >= 15 is 0 Å². The number of likely N-dealkylation sites (N-methyl/N-ethyl adjacent to an activating group) is 1. The summed E-state index contributed by atoms with van der Waals surface area (Å²) in [5.41, 5.74) is 7.56. The molecule has 1 aliphatic rings. The molecule has 0 bridgehead atoms. The van der Waals surface area contributed by atoms with E-state index in [1.807, 2.05) is 6.21 Å². The standard InChI is InChI=1S/C24H30N2/c1-17-15-24(5,6)26(7)22-13-8-18(14-21(17)22)16-25-20-11-9-19(10-12-20)23(2,3)4/h8-16H,1-7H3. The van der Waals surface area contributed by atoms with Crippen molar-refractivity contribution in [3.05, 3.63) is 65.2 Å². The molecule has 2 aromatic rings. The number of allylic oxidation sites excluding steroid dienone is 1. The van der Waals surface area contributed by atoms with Crippen molar-refractivity contribution in [3.8, 4) is 0 Å². The molecule has 136 valence electrons. The first-order chi connectivity index (χ1) is 12.1. The highest BCUT2D eigenvalue weighted by molar-refractivity contribution is 5.88. The normalized spacial score (nSPS) is 16.6. The van der Waals surface area contributed by atoms with E-state index in [4.69, 9.17) is 0 Å². The van der Waals surface area contributed by atoms with Gasteiger partial charge in [-0.15, -0.1) is 0 Å². The van der Waals surface area contributed by atoms with Crippen LogP contribution in [0.5, 0.6) is 0 Å². The third kappa shape index (κ3) is 3.60. The van der Waals surface area contributed by atoms with Crippen LogP contribution >= 0.6 is 0 Å². The lowest BCUT2D eigenvalue weighted by Gasteiger charge is -2.40. The van der Waals surface area contributed by atoms with E-state index < -0.39 is 0 Å². The van der Waals surface area contributed by atoms with Gasteiger partial charge in [-0.25, -0.2) is 0 Å². The fourth-order valence-corrected chi connectivity index (χ4v) is 3.45. The summed E-state index contributed by atoms with van der Waals surface area (Å²) in [6, 6.07) is 15.1. The topological polar surface area (TPSA) is 15.6 Å². The molecule has 0 aromatic heterocycles. The van der Waals surface area contributed by atoms with E-state index in [-0.39, 0.29) is 11.0 Å². The van der Waals surface area contributed by atoms with Crippen LogP contribution in [0.1, 0.15) is 58.2 Å². The Bertz CT molecular complexity index is 862. The van der Waals surface area contributed by atoms with Crippen LogP contribution < -0.4 is 4.90 Å². The van der Waals surface area contributed by atoms with Crippen LogP contribution in [-0.2, 0) is 5.41 Å². The lowest BCUT2D eigenvalue weighted by Crippen LogP contribution is -2.42. The fourth-order valence-electron chi connectivity index (χ4n) is 3.45. The molecule has 26 heavy (non-hydrogen) atoms. The number of benzene rings is 2. The summed E-state index contributed by atoms with van der Waals surface area (Å²) >= 11 is 0. The molecule has 2 nitrogen and oxygen atoms in total. The molecule has 1 aliphatic heterocycles. The van der Waals surface area contributed by atoms with Gasteiger partial charge < -0.3 is 4.90 Å². The number of fused-ring (bicyclic) bond motifs is 1. The monoisotopic (exact) mass is 346 g/mol. The first-order valence-corrected chi connectivity index (χ1v) is 9.30. The minimum Gasteiger partial charge on any atom is -0.366 e. The molecule has 0 atom stereocenters. The van der Waals surface area contributed by atoms with Gasteiger partial charge in [0.1, 0.15) is 0 Å². The molecule has 0 N–H and O–H groups in total. The predicted molar refractivity (Wildman–Crippen MR) is 115 cm³/mol. The van der Waals surface area contributed by atoms with Gasteiger partial charge >= 0.3 is 0 Å². The van der Waals surface area contributed by atoms with Gasteiger partial charge in [0.15, 0.2) is 0 Å². The molecular formula is C24H30N2. The number of aliphatic imine (C=N–C) groups is 1. The Hall–Kier alpha value is -2.35. The maximum absolute atomic E-state index is 4.66. The number of rotatable bonds is 2. The zero-order valence-corrected chi connectivity index (χ0v) is 17.1. The molecule has 0 aliphatic carbocycles. The van der Waals surface area contributed by atoms with E-state index in [0.717, 1.165) is 11.3 Å². The van der Waals surface area contributed by atoms with Gasteiger partial charge in [0.05, 0.1) is 11.2 Å². The Kier molecular flexibility index (Phi) is 4.56. The highest BCUT2D eigenvalue weighted by Crippen LogP contribution is 2.38. The highest BCUT2D eigenvalue weighted by Gasteiger charge is 2.28. The second kappa shape index (κ2) is 6.42. The van der Waals surface area contributed by atoms with Crippen molar-refractivity contribution >= 4 is 23.2 Å². The van der Waals surface area contributed by atoms with Gasteiger partial charge in [-0.1, -0.05) is 45.0 Å². The summed E-state index contributed by atoms with van der Waals surface area (Å²) in [5.74, 6) is 0. The van der Waals surface area contributed by atoms with E-state index in [1.165, 1.54) is 22.4 Å². The second-order valence-corrected chi connectivity index (χ2v) is 8.87. The Labute approximate surface area is 158 Å². The molecule has 0 unspecified atom stereocenters. The molecule has 0 fully saturated rings. The Morgan fingerprint density at radius 2 is 1.65 bits per heavy atom. The van der Waals surface area contributed by atoms with Crippen LogP contribution in [-0.4, -0.2) is 18.8 Å². The van der Waals surface area contributed by atoms with Crippen LogP contribution in [0, 0.1) is 0 Å². The van der Waals surface area contributed by atoms with E-state index in [9.17, 15) is 0 Å². The lowest BCUT2D eigenvalue weighted by atomic mass is 9.87. The van der Waals surface area contributed by atoms with Gasteiger partial charge in [-0.05, 0) is 67.2 Å². The number of anilines is 1. The van der Waals surface area contributed by atoms with Gasteiger partial charge in [0.25, 0.3) is 0 Å². The van der Waals surface area contributed by atoms with Gasteiger partial charge in [-0.3, -0.25) is 4.99 Å².